The molecular weight excluding hydrogens is 268 g/mol. The van der Waals surface area contributed by atoms with Crippen molar-refractivity contribution in [1.82, 2.24) is 19.9 Å². The van der Waals surface area contributed by atoms with Gasteiger partial charge in [0.1, 0.15) is 6.10 Å². The van der Waals surface area contributed by atoms with Crippen molar-refractivity contribution in [3.05, 3.63) is 53.9 Å². The molecule has 0 spiro atoms. The quantitative estimate of drug-likeness (QED) is 0.833. The van der Waals surface area contributed by atoms with Gasteiger partial charge in [0.2, 0.25) is 0 Å². The van der Waals surface area contributed by atoms with Gasteiger partial charge in [-0.25, -0.2) is 0 Å². The van der Waals surface area contributed by atoms with Gasteiger partial charge in [0, 0.05) is 30.8 Å². The van der Waals surface area contributed by atoms with E-state index in [9.17, 15) is 4.79 Å². The molecule has 0 aliphatic carbocycles. The van der Waals surface area contributed by atoms with Gasteiger partial charge in [-0.1, -0.05) is 0 Å². The fourth-order valence-corrected chi connectivity index (χ4v) is 2.27. The lowest BCUT2D eigenvalue weighted by Crippen LogP contribution is -2.42. The molecule has 1 aliphatic rings. The molecule has 1 saturated heterocycles. The van der Waals surface area contributed by atoms with Crippen LogP contribution in [0, 0.1) is 6.92 Å². The minimum absolute atomic E-state index is 0.0281. The SMILES string of the molecule is Cc1ccc(C(=O)N2CCO[C@H](c3cnccn3)C2)cn1. The Morgan fingerprint density at radius 1 is 1.29 bits per heavy atom. The number of aryl methyl sites for hydroxylation is 1. The first kappa shape index (κ1) is 13.6. The van der Waals surface area contributed by atoms with E-state index in [1.54, 1.807) is 35.8 Å². The van der Waals surface area contributed by atoms with Gasteiger partial charge in [-0.05, 0) is 19.1 Å². The number of aromatic nitrogens is 3. The highest BCUT2D eigenvalue weighted by Gasteiger charge is 2.27. The predicted molar refractivity (Wildman–Crippen MR) is 75.6 cm³/mol. The standard InChI is InChI=1S/C15H16N4O2/c1-11-2-3-12(8-18-11)15(20)19-6-7-21-14(10-19)13-9-16-4-5-17-13/h2-5,8-9,14H,6-7,10H2,1H3/t14-/m0/s1. The van der Waals surface area contributed by atoms with Crippen molar-refractivity contribution in [2.45, 2.75) is 13.0 Å². The minimum atomic E-state index is -0.227. The van der Waals surface area contributed by atoms with E-state index in [0.29, 0.717) is 25.3 Å². The molecule has 3 heterocycles. The van der Waals surface area contributed by atoms with Gasteiger partial charge >= 0.3 is 0 Å². The fourth-order valence-electron chi connectivity index (χ4n) is 2.27. The lowest BCUT2D eigenvalue weighted by atomic mass is 10.1. The summed E-state index contributed by atoms with van der Waals surface area (Å²) in [5, 5.41) is 0. The first-order chi connectivity index (χ1) is 10.2. The van der Waals surface area contributed by atoms with Crippen LogP contribution < -0.4 is 0 Å². The van der Waals surface area contributed by atoms with Crippen molar-refractivity contribution in [3.63, 3.8) is 0 Å². The molecule has 3 rings (SSSR count). The Kier molecular flexibility index (Phi) is 3.87. The maximum atomic E-state index is 12.5. The highest BCUT2D eigenvalue weighted by atomic mass is 16.5. The molecule has 1 amide bonds. The zero-order chi connectivity index (χ0) is 14.7. The smallest absolute Gasteiger partial charge is 0.255 e. The summed E-state index contributed by atoms with van der Waals surface area (Å²) in [5.74, 6) is -0.0281. The molecule has 108 valence electrons. The van der Waals surface area contributed by atoms with Crippen LogP contribution in [0.4, 0.5) is 0 Å². The Morgan fingerprint density at radius 2 is 2.19 bits per heavy atom. The highest BCUT2D eigenvalue weighted by molar-refractivity contribution is 5.94. The summed E-state index contributed by atoms with van der Waals surface area (Å²) >= 11 is 0. The van der Waals surface area contributed by atoms with Gasteiger partial charge in [0.15, 0.2) is 0 Å². The van der Waals surface area contributed by atoms with Crippen molar-refractivity contribution in [2.24, 2.45) is 0 Å². The van der Waals surface area contributed by atoms with Crippen molar-refractivity contribution in [3.8, 4) is 0 Å². The maximum Gasteiger partial charge on any atom is 0.255 e. The number of nitrogens with zero attached hydrogens (tertiary/aromatic N) is 4. The molecule has 0 aromatic carbocycles. The number of amides is 1. The number of carbonyl (C=O) groups excluding carboxylic acids is 1. The van der Waals surface area contributed by atoms with Gasteiger partial charge in [-0.2, -0.15) is 0 Å². The Labute approximate surface area is 122 Å². The van der Waals surface area contributed by atoms with Gasteiger partial charge in [0.05, 0.1) is 30.6 Å². The predicted octanol–water partition coefficient (Wildman–Crippen LogP) is 1.39. The normalized spacial score (nSPS) is 18.5. The molecule has 0 radical (unpaired) electrons. The van der Waals surface area contributed by atoms with E-state index in [1.807, 2.05) is 13.0 Å². The molecule has 6 nitrogen and oxygen atoms in total. The van der Waals surface area contributed by atoms with E-state index in [1.165, 1.54) is 0 Å². The monoisotopic (exact) mass is 284 g/mol. The molecular formula is C15H16N4O2. The number of ether oxygens (including phenoxy) is 1. The van der Waals surface area contributed by atoms with E-state index in [-0.39, 0.29) is 12.0 Å². The molecule has 1 atom stereocenters. The third-order valence-corrected chi connectivity index (χ3v) is 3.43. The van der Waals surface area contributed by atoms with Crippen LogP contribution in [0.25, 0.3) is 0 Å². The molecule has 0 bridgehead atoms. The summed E-state index contributed by atoms with van der Waals surface area (Å²) in [7, 11) is 0. The fraction of sp³-hybridized carbons (Fsp3) is 0.333. The second-order valence-electron chi connectivity index (χ2n) is 4.93. The summed E-state index contributed by atoms with van der Waals surface area (Å²) in [5.41, 5.74) is 2.24. The van der Waals surface area contributed by atoms with Crippen molar-refractivity contribution in [2.75, 3.05) is 19.7 Å². The molecule has 6 heteroatoms. The molecule has 2 aromatic rings. The molecule has 2 aromatic heterocycles. The second-order valence-corrected chi connectivity index (χ2v) is 4.93. The lowest BCUT2D eigenvalue weighted by Gasteiger charge is -2.32. The zero-order valence-electron chi connectivity index (χ0n) is 11.8. The third kappa shape index (κ3) is 3.05. The van der Waals surface area contributed by atoms with Gasteiger partial charge in [-0.3, -0.25) is 19.7 Å². The molecule has 0 unspecified atom stereocenters. The van der Waals surface area contributed by atoms with E-state index >= 15 is 0 Å². The average molecular weight is 284 g/mol. The summed E-state index contributed by atoms with van der Waals surface area (Å²) in [6.45, 7) is 3.44. The van der Waals surface area contributed by atoms with Crippen LogP contribution in [0.15, 0.2) is 36.9 Å². The van der Waals surface area contributed by atoms with Gasteiger partial charge in [-0.15, -0.1) is 0 Å². The topological polar surface area (TPSA) is 68.2 Å². The Morgan fingerprint density at radius 3 is 2.90 bits per heavy atom. The van der Waals surface area contributed by atoms with E-state index in [4.69, 9.17) is 4.74 Å². The van der Waals surface area contributed by atoms with E-state index in [0.717, 1.165) is 11.4 Å². The van der Waals surface area contributed by atoms with Crippen molar-refractivity contribution in [1.29, 1.82) is 0 Å². The molecule has 1 fully saturated rings. The summed E-state index contributed by atoms with van der Waals surface area (Å²) < 4.78 is 5.69. The Hall–Kier alpha value is -2.34. The second kappa shape index (κ2) is 5.97. The summed E-state index contributed by atoms with van der Waals surface area (Å²) in [6, 6.07) is 3.64. The van der Waals surface area contributed by atoms with Crippen LogP contribution >= 0.6 is 0 Å². The van der Waals surface area contributed by atoms with Crippen LogP contribution in [-0.4, -0.2) is 45.5 Å². The third-order valence-electron chi connectivity index (χ3n) is 3.43. The number of rotatable bonds is 2. The van der Waals surface area contributed by atoms with Crippen molar-refractivity contribution >= 4 is 5.91 Å². The Bertz CT molecular complexity index is 615. The number of hydrogen-bond donors (Lipinski definition) is 0. The maximum absolute atomic E-state index is 12.5. The minimum Gasteiger partial charge on any atom is -0.368 e. The largest absolute Gasteiger partial charge is 0.368 e. The van der Waals surface area contributed by atoms with E-state index < -0.39 is 0 Å². The number of hydrogen-bond acceptors (Lipinski definition) is 5. The van der Waals surface area contributed by atoms with E-state index in [2.05, 4.69) is 15.0 Å². The number of pyridine rings is 1. The van der Waals surface area contributed by atoms with Crippen LogP contribution in [0.5, 0.6) is 0 Å². The molecule has 21 heavy (non-hydrogen) atoms. The first-order valence-electron chi connectivity index (χ1n) is 6.83. The molecule has 0 N–H and O–H groups in total. The zero-order valence-corrected chi connectivity index (χ0v) is 11.8. The van der Waals surface area contributed by atoms with Crippen LogP contribution in [0.3, 0.4) is 0 Å². The molecule has 0 saturated carbocycles. The average Bonchev–Trinajstić information content (AvgIpc) is 2.56. The van der Waals surface area contributed by atoms with Crippen LogP contribution in [-0.2, 0) is 4.74 Å². The Balaban J connectivity index is 1.74. The lowest BCUT2D eigenvalue weighted by molar-refractivity contribution is -0.0249. The van der Waals surface area contributed by atoms with Crippen LogP contribution in [0.2, 0.25) is 0 Å². The van der Waals surface area contributed by atoms with Crippen LogP contribution in [0.1, 0.15) is 27.8 Å². The number of morpholine rings is 1. The summed E-state index contributed by atoms with van der Waals surface area (Å²) in [4.78, 5) is 26.7. The summed E-state index contributed by atoms with van der Waals surface area (Å²) in [6.07, 6.45) is 6.31. The van der Waals surface area contributed by atoms with Gasteiger partial charge in [0.25, 0.3) is 5.91 Å². The van der Waals surface area contributed by atoms with Crippen molar-refractivity contribution < 1.29 is 9.53 Å². The number of carbonyl (C=O) groups is 1. The first-order valence-corrected chi connectivity index (χ1v) is 6.83. The van der Waals surface area contributed by atoms with Gasteiger partial charge < -0.3 is 9.64 Å². The molecule has 1 aliphatic heterocycles. The highest BCUT2D eigenvalue weighted by Crippen LogP contribution is 2.20.